The molecule has 0 unspecified atom stereocenters. The molecule has 3 aromatic rings. The highest BCUT2D eigenvalue weighted by atomic mass is 16.3. The zero-order valence-electron chi connectivity index (χ0n) is 13.6. The van der Waals surface area contributed by atoms with Gasteiger partial charge in [0, 0.05) is 0 Å². The summed E-state index contributed by atoms with van der Waals surface area (Å²) in [6.45, 7) is 0. The van der Waals surface area contributed by atoms with Crippen LogP contribution in [0, 0.1) is 11.3 Å². The molecule has 0 heterocycles. The summed E-state index contributed by atoms with van der Waals surface area (Å²) in [4.78, 5) is 0. The van der Waals surface area contributed by atoms with Crippen molar-refractivity contribution < 1.29 is 5.11 Å². The maximum absolute atomic E-state index is 9.29. The molecule has 0 bridgehead atoms. The minimum absolute atomic E-state index is 0.274. The highest BCUT2D eigenvalue weighted by Crippen LogP contribution is 2.15. The van der Waals surface area contributed by atoms with E-state index in [1.165, 1.54) is 0 Å². The van der Waals surface area contributed by atoms with Crippen LogP contribution in [0.5, 0.6) is 5.75 Å². The minimum Gasteiger partial charge on any atom is -0.508 e. The van der Waals surface area contributed by atoms with Crippen LogP contribution in [0.3, 0.4) is 0 Å². The monoisotopic (exact) mass is 323 g/mol. The molecule has 0 saturated carbocycles. The number of hydrogen-bond donors (Lipinski definition) is 1. The van der Waals surface area contributed by atoms with Gasteiger partial charge in [0.2, 0.25) is 0 Å². The summed E-state index contributed by atoms with van der Waals surface area (Å²) in [5, 5.41) is 18.1. The van der Waals surface area contributed by atoms with Crippen LogP contribution in [0.25, 0.3) is 24.3 Å². The normalized spacial score (nSPS) is 11.0. The molecule has 2 heteroatoms. The Morgan fingerprint density at radius 3 is 1.24 bits per heavy atom. The Hall–Kier alpha value is -3.57. The van der Waals surface area contributed by atoms with Gasteiger partial charge in [-0.05, 0) is 46.5 Å². The first kappa shape index (κ1) is 16.3. The van der Waals surface area contributed by atoms with Gasteiger partial charge in [-0.3, -0.25) is 0 Å². The first-order valence-corrected chi connectivity index (χ1v) is 7.98. The van der Waals surface area contributed by atoms with Gasteiger partial charge in [0.1, 0.15) is 5.75 Å². The average Bonchev–Trinajstić information content (AvgIpc) is 2.67. The predicted octanol–water partition coefficient (Wildman–Crippen LogP) is 5.60. The number of hydrogen-bond acceptors (Lipinski definition) is 2. The van der Waals surface area contributed by atoms with Crippen LogP contribution in [0.15, 0.2) is 72.8 Å². The number of phenolic OH excluding ortho intramolecular Hbond substituents is 1. The predicted molar refractivity (Wildman–Crippen MR) is 104 cm³/mol. The lowest BCUT2D eigenvalue weighted by atomic mass is 10.1. The largest absolute Gasteiger partial charge is 0.508 e. The lowest BCUT2D eigenvalue weighted by Gasteiger charge is -1.98. The maximum atomic E-state index is 9.29. The smallest absolute Gasteiger partial charge is 0.115 e. The molecular formula is C23H17NO. The van der Waals surface area contributed by atoms with E-state index in [1.807, 2.05) is 54.6 Å². The molecule has 0 aliphatic rings. The molecule has 0 atom stereocenters. The van der Waals surface area contributed by atoms with Crippen LogP contribution in [0.1, 0.15) is 27.8 Å². The quantitative estimate of drug-likeness (QED) is 0.635. The first-order chi connectivity index (χ1) is 12.2. The van der Waals surface area contributed by atoms with Crippen LogP contribution in [0.4, 0.5) is 0 Å². The third-order valence-corrected chi connectivity index (χ3v) is 3.81. The number of rotatable bonds is 4. The molecule has 1 N–H and O–H groups in total. The number of nitriles is 1. The summed E-state index contributed by atoms with van der Waals surface area (Å²) in [5.74, 6) is 0.274. The number of phenols is 1. The lowest BCUT2D eigenvalue weighted by Crippen LogP contribution is -1.77. The van der Waals surface area contributed by atoms with Gasteiger partial charge >= 0.3 is 0 Å². The topological polar surface area (TPSA) is 44.0 Å². The minimum atomic E-state index is 0.274. The number of nitrogens with zero attached hydrogens (tertiary/aromatic N) is 1. The van der Waals surface area contributed by atoms with Crippen molar-refractivity contribution in [3.8, 4) is 11.8 Å². The van der Waals surface area contributed by atoms with E-state index < -0.39 is 0 Å². The first-order valence-electron chi connectivity index (χ1n) is 7.98. The third-order valence-electron chi connectivity index (χ3n) is 3.81. The van der Waals surface area contributed by atoms with Crippen LogP contribution >= 0.6 is 0 Å². The van der Waals surface area contributed by atoms with Crippen LogP contribution in [-0.2, 0) is 0 Å². The molecule has 2 nitrogen and oxygen atoms in total. The van der Waals surface area contributed by atoms with Crippen molar-refractivity contribution in [2.75, 3.05) is 0 Å². The van der Waals surface area contributed by atoms with Crippen molar-refractivity contribution in [2.45, 2.75) is 0 Å². The Kier molecular flexibility index (Phi) is 5.09. The van der Waals surface area contributed by atoms with E-state index >= 15 is 0 Å². The molecule has 0 saturated heterocycles. The number of aromatic hydroxyl groups is 1. The van der Waals surface area contributed by atoms with E-state index in [1.54, 1.807) is 12.1 Å². The molecule has 0 aliphatic heterocycles. The Morgan fingerprint density at radius 2 is 0.880 bits per heavy atom. The zero-order chi connectivity index (χ0) is 17.5. The van der Waals surface area contributed by atoms with Gasteiger partial charge < -0.3 is 5.11 Å². The van der Waals surface area contributed by atoms with Crippen molar-refractivity contribution in [1.29, 1.82) is 5.26 Å². The molecule has 0 aliphatic carbocycles. The van der Waals surface area contributed by atoms with Crippen molar-refractivity contribution in [1.82, 2.24) is 0 Å². The molecule has 3 rings (SSSR count). The molecule has 120 valence electrons. The standard InChI is InChI=1S/C23H17NO/c24-17-22-11-9-20(10-12-22)6-5-18-1-3-19(4-2-18)7-8-21-13-15-23(25)16-14-21/h1-16,25H/b6-5+,8-7+. The second-order valence-electron chi connectivity index (χ2n) is 5.66. The molecular weight excluding hydrogens is 306 g/mol. The van der Waals surface area contributed by atoms with Gasteiger partial charge in [-0.25, -0.2) is 0 Å². The van der Waals surface area contributed by atoms with Gasteiger partial charge in [0.25, 0.3) is 0 Å². The molecule has 3 aromatic carbocycles. The van der Waals surface area contributed by atoms with E-state index in [9.17, 15) is 5.11 Å². The van der Waals surface area contributed by atoms with Gasteiger partial charge in [-0.15, -0.1) is 0 Å². The molecule has 0 aromatic heterocycles. The van der Waals surface area contributed by atoms with E-state index in [-0.39, 0.29) is 5.75 Å². The van der Waals surface area contributed by atoms with Gasteiger partial charge in [0.05, 0.1) is 11.6 Å². The Bertz CT molecular complexity index is 925. The van der Waals surface area contributed by atoms with Crippen LogP contribution in [-0.4, -0.2) is 5.11 Å². The van der Waals surface area contributed by atoms with E-state index in [4.69, 9.17) is 5.26 Å². The summed E-state index contributed by atoms with van der Waals surface area (Å²) in [6.07, 6.45) is 8.14. The van der Waals surface area contributed by atoms with Gasteiger partial charge in [-0.2, -0.15) is 5.26 Å². The molecule has 0 fully saturated rings. The van der Waals surface area contributed by atoms with Gasteiger partial charge in [-0.1, -0.05) is 72.8 Å². The van der Waals surface area contributed by atoms with E-state index in [2.05, 4.69) is 36.4 Å². The highest BCUT2D eigenvalue weighted by Gasteiger charge is 1.92. The molecule has 0 amide bonds. The summed E-state index contributed by atoms with van der Waals surface area (Å²) >= 11 is 0. The van der Waals surface area contributed by atoms with Crippen molar-refractivity contribution in [3.05, 3.63) is 101 Å². The van der Waals surface area contributed by atoms with Crippen molar-refractivity contribution in [2.24, 2.45) is 0 Å². The Balaban J connectivity index is 1.66. The average molecular weight is 323 g/mol. The fourth-order valence-electron chi connectivity index (χ4n) is 2.36. The SMILES string of the molecule is N#Cc1ccc(/C=C/c2ccc(/C=C/c3ccc(O)cc3)cc2)cc1. The van der Waals surface area contributed by atoms with Crippen molar-refractivity contribution in [3.63, 3.8) is 0 Å². The van der Waals surface area contributed by atoms with Crippen molar-refractivity contribution >= 4 is 24.3 Å². The summed E-state index contributed by atoms with van der Waals surface area (Å²) in [7, 11) is 0. The number of benzene rings is 3. The Labute approximate surface area is 147 Å². The van der Waals surface area contributed by atoms with Crippen LogP contribution < -0.4 is 0 Å². The summed E-state index contributed by atoms with van der Waals surface area (Å²) in [5.41, 5.74) is 5.01. The fraction of sp³-hybridized carbons (Fsp3) is 0. The van der Waals surface area contributed by atoms with Crippen LogP contribution in [0.2, 0.25) is 0 Å². The van der Waals surface area contributed by atoms with E-state index in [0.717, 1.165) is 22.3 Å². The molecule has 0 radical (unpaired) electrons. The summed E-state index contributed by atoms with van der Waals surface area (Å²) < 4.78 is 0. The second kappa shape index (κ2) is 7.81. The second-order valence-corrected chi connectivity index (χ2v) is 5.66. The lowest BCUT2D eigenvalue weighted by molar-refractivity contribution is 0.475. The fourth-order valence-corrected chi connectivity index (χ4v) is 2.36. The maximum Gasteiger partial charge on any atom is 0.115 e. The highest BCUT2D eigenvalue weighted by molar-refractivity contribution is 5.73. The third kappa shape index (κ3) is 4.70. The Morgan fingerprint density at radius 1 is 0.560 bits per heavy atom. The molecule has 25 heavy (non-hydrogen) atoms. The molecule has 0 spiro atoms. The van der Waals surface area contributed by atoms with Gasteiger partial charge in [0.15, 0.2) is 0 Å². The summed E-state index contributed by atoms with van der Waals surface area (Å²) in [6, 6.07) is 25.0. The zero-order valence-corrected chi connectivity index (χ0v) is 13.6. The van der Waals surface area contributed by atoms with E-state index in [0.29, 0.717) is 5.56 Å².